The van der Waals surface area contributed by atoms with E-state index < -0.39 is 0 Å². The number of rotatable bonds is 5. The molecule has 1 aromatic heterocycles. The van der Waals surface area contributed by atoms with Gasteiger partial charge < -0.3 is 4.90 Å². The molecule has 1 aliphatic rings. The Kier molecular flexibility index (Phi) is 4.92. The van der Waals surface area contributed by atoms with Gasteiger partial charge in [0.15, 0.2) is 0 Å². The van der Waals surface area contributed by atoms with Crippen LogP contribution in [0.15, 0.2) is 12.1 Å². The van der Waals surface area contributed by atoms with Crippen LogP contribution in [0.1, 0.15) is 29.8 Å². The summed E-state index contributed by atoms with van der Waals surface area (Å²) >= 11 is 3.61. The zero-order valence-electron chi connectivity index (χ0n) is 12.0. The second-order valence-corrected chi connectivity index (χ2v) is 7.52. The quantitative estimate of drug-likeness (QED) is 0.907. The van der Waals surface area contributed by atoms with Gasteiger partial charge in [-0.3, -0.25) is 10.1 Å². The molecule has 0 aromatic carbocycles. The lowest BCUT2D eigenvalue weighted by atomic mass is 10.2. The Labute approximate surface area is 123 Å². The monoisotopic (exact) mass is 298 g/mol. The van der Waals surface area contributed by atoms with Crippen LogP contribution in [0.2, 0.25) is 0 Å². The summed E-state index contributed by atoms with van der Waals surface area (Å²) in [7, 11) is 0. The number of amides is 1. The molecule has 3 unspecified atom stereocenters. The maximum absolute atomic E-state index is 12.3. The van der Waals surface area contributed by atoms with Crippen molar-refractivity contribution in [1.82, 2.24) is 10.2 Å². The van der Waals surface area contributed by atoms with E-state index in [-0.39, 0.29) is 18.1 Å². The molecule has 3 nitrogen and oxygen atoms in total. The van der Waals surface area contributed by atoms with Crippen molar-refractivity contribution in [2.24, 2.45) is 5.92 Å². The van der Waals surface area contributed by atoms with E-state index in [0.717, 1.165) is 12.3 Å². The SMILES string of the molecule is CSCC(C)CN1C(=O)C(C)NC1c1ccc(C)s1. The summed E-state index contributed by atoms with van der Waals surface area (Å²) in [5.41, 5.74) is 0. The lowest BCUT2D eigenvalue weighted by Crippen LogP contribution is -2.34. The van der Waals surface area contributed by atoms with Crippen LogP contribution in [-0.2, 0) is 4.79 Å². The van der Waals surface area contributed by atoms with Gasteiger partial charge in [-0.05, 0) is 43.9 Å². The van der Waals surface area contributed by atoms with E-state index in [2.05, 4.69) is 37.6 Å². The van der Waals surface area contributed by atoms with E-state index in [4.69, 9.17) is 0 Å². The first-order chi connectivity index (χ1) is 9.02. The highest BCUT2D eigenvalue weighted by Crippen LogP contribution is 2.31. The Morgan fingerprint density at radius 1 is 1.53 bits per heavy atom. The number of nitrogens with one attached hydrogen (secondary N) is 1. The first-order valence-corrected chi connectivity index (χ1v) is 8.85. The topological polar surface area (TPSA) is 32.3 Å². The number of thioether (sulfide) groups is 1. The van der Waals surface area contributed by atoms with Crippen molar-refractivity contribution >= 4 is 29.0 Å². The number of nitrogens with zero attached hydrogens (tertiary/aromatic N) is 1. The number of carbonyl (C=O) groups excluding carboxylic acids is 1. The summed E-state index contributed by atoms with van der Waals surface area (Å²) in [5, 5.41) is 3.41. The van der Waals surface area contributed by atoms with Crippen molar-refractivity contribution < 1.29 is 4.79 Å². The van der Waals surface area contributed by atoms with Crippen LogP contribution in [-0.4, -0.2) is 35.4 Å². The molecule has 1 fully saturated rings. The average Bonchev–Trinajstić information content (AvgIpc) is 2.89. The van der Waals surface area contributed by atoms with Gasteiger partial charge in [-0.15, -0.1) is 11.3 Å². The summed E-state index contributed by atoms with van der Waals surface area (Å²) in [4.78, 5) is 16.8. The maximum atomic E-state index is 12.3. The molecule has 1 aromatic rings. The molecule has 0 radical (unpaired) electrons. The third kappa shape index (κ3) is 3.33. The third-order valence-electron chi connectivity index (χ3n) is 3.36. The zero-order valence-corrected chi connectivity index (χ0v) is 13.6. The molecule has 0 aliphatic carbocycles. The minimum atomic E-state index is -0.0751. The summed E-state index contributed by atoms with van der Waals surface area (Å²) in [6, 6.07) is 4.18. The molecule has 2 heterocycles. The maximum Gasteiger partial charge on any atom is 0.241 e. The summed E-state index contributed by atoms with van der Waals surface area (Å²) in [6.45, 7) is 7.10. The van der Waals surface area contributed by atoms with Gasteiger partial charge in [0, 0.05) is 16.3 Å². The van der Waals surface area contributed by atoms with Crippen LogP contribution in [0.3, 0.4) is 0 Å². The van der Waals surface area contributed by atoms with Gasteiger partial charge in [-0.2, -0.15) is 11.8 Å². The Balaban J connectivity index is 2.14. The Hall–Kier alpha value is -0.520. The zero-order chi connectivity index (χ0) is 14.0. The summed E-state index contributed by atoms with van der Waals surface area (Å²) in [6.07, 6.45) is 2.18. The number of hydrogen-bond acceptors (Lipinski definition) is 4. The first-order valence-electron chi connectivity index (χ1n) is 6.64. The fraction of sp³-hybridized carbons (Fsp3) is 0.643. The minimum Gasteiger partial charge on any atom is -0.320 e. The van der Waals surface area contributed by atoms with E-state index in [0.29, 0.717) is 5.92 Å². The molecule has 5 heteroatoms. The van der Waals surface area contributed by atoms with Crippen molar-refractivity contribution in [1.29, 1.82) is 0 Å². The largest absolute Gasteiger partial charge is 0.320 e. The number of aryl methyl sites for hydroxylation is 1. The lowest BCUT2D eigenvalue weighted by Gasteiger charge is -2.26. The van der Waals surface area contributed by atoms with Crippen molar-refractivity contribution in [2.45, 2.75) is 33.0 Å². The van der Waals surface area contributed by atoms with E-state index in [1.165, 1.54) is 9.75 Å². The van der Waals surface area contributed by atoms with Gasteiger partial charge in [0.2, 0.25) is 5.91 Å². The molecule has 2 rings (SSSR count). The van der Waals surface area contributed by atoms with Gasteiger partial charge in [-0.1, -0.05) is 6.92 Å². The van der Waals surface area contributed by atoms with E-state index in [9.17, 15) is 4.79 Å². The second kappa shape index (κ2) is 6.29. The third-order valence-corrected chi connectivity index (χ3v) is 5.32. The molecule has 0 bridgehead atoms. The number of thiophene rings is 1. The van der Waals surface area contributed by atoms with Crippen molar-refractivity contribution in [3.63, 3.8) is 0 Å². The van der Waals surface area contributed by atoms with E-state index >= 15 is 0 Å². The second-order valence-electron chi connectivity index (χ2n) is 5.29. The molecular formula is C14H22N2OS2. The predicted molar refractivity (Wildman–Crippen MR) is 83.7 cm³/mol. The molecular weight excluding hydrogens is 276 g/mol. The molecule has 1 N–H and O–H groups in total. The fourth-order valence-corrected chi connectivity index (χ4v) is 4.10. The minimum absolute atomic E-state index is 0.0607. The van der Waals surface area contributed by atoms with Crippen LogP contribution in [0.4, 0.5) is 0 Å². The van der Waals surface area contributed by atoms with Gasteiger partial charge >= 0.3 is 0 Å². The van der Waals surface area contributed by atoms with Crippen LogP contribution in [0.25, 0.3) is 0 Å². The molecule has 1 aliphatic heterocycles. The van der Waals surface area contributed by atoms with Crippen LogP contribution in [0, 0.1) is 12.8 Å². The van der Waals surface area contributed by atoms with Gasteiger partial charge in [0.05, 0.1) is 6.04 Å². The normalized spacial score (nSPS) is 25.1. The van der Waals surface area contributed by atoms with Crippen molar-refractivity contribution in [3.8, 4) is 0 Å². The lowest BCUT2D eigenvalue weighted by molar-refractivity contribution is -0.130. The highest BCUT2D eigenvalue weighted by atomic mass is 32.2. The molecule has 0 spiro atoms. The molecule has 3 atom stereocenters. The van der Waals surface area contributed by atoms with Crippen molar-refractivity contribution in [3.05, 3.63) is 21.9 Å². The van der Waals surface area contributed by atoms with Crippen LogP contribution in [0.5, 0.6) is 0 Å². The number of hydrogen-bond donors (Lipinski definition) is 1. The molecule has 106 valence electrons. The molecule has 19 heavy (non-hydrogen) atoms. The molecule has 1 saturated heterocycles. The Bertz CT molecular complexity index is 446. The van der Waals surface area contributed by atoms with Crippen LogP contribution < -0.4 is 5.32 Å². The van der Waals surface area contributed by atoms with E-state index in [1.54, 1.807) is 11.3 Å². The Morgan fingerprint density at radius 3 is 2.84 bits per heavy atom. The van der Waals surface area contributed by atoms with E-state index in [1.807, 2.05) is 23.6 Å². The highest BCUT2D eigenvalue weighted by Gasteiger charge is 2.38. The predicted octanol–water partition coefficient (Wildman–Crippen LogP) is 2.87. The fourth-order valence-electron chi connectivity index (χ4n) is 2.48. The first kappa shape index (κ1) is 14.9. The van der Waals surface area contributed by atoms with Gasteiger partial charge in [0.1, 0.15) is 6.17 Å². The molecule has 1 amide bonds. The van der Waals surface area contributed by atoms with Gasteiger partial charge in [-0.25, -0.2) is 0 Å². The molecule has 0 saturated carbocycles. The van der Waals surface area contributed by atoms with Crippen LogP contribution >= 0.6 is 23.1 Å². The smallest absolute Gasteiger partial charge is 0.241 e. The number of carbonyl (C=O) groups is 1. The van der Waals surface area contributed by atoms with Crippen molar-refractivity contribution in [2.75, 3.05) is 18.6 Å². The average molecular weight is 298 g/mol. The van der Waals surface area contributed by atoms with Gasteiger partial charge in [0.25, 0.3) is 0 Å². The standard InChI is InChI=1S/C14H22N2OS2/c1-9(8-18-4)7-16-13(15-11(3)14(16)17)12-6-5-10(2)19-12/h5-6,9,11,13,15H,7-8H2,1-4H3. The Morgan fingerprint density at radius 2 is 2.26 bits per heavy atom. The summed E-state index contributed by atoms with van der Waals surface area (Å²) in [5.74, 6) is 1.84. The highest BCUT2D eigenvalue weighted by molar-refractivity contribution is 7.98. The summed E-state index contributed by atoms with van der Waals surface area (Å²) < 4.78 is 0.